The normalized spacial score (nSPS) is 18.5. The van der Waals surface area contributed by atoms with Gasteiger partial charge < -0.3 is 9.80 Å². The minimum Gasteiger partial charge on any atom is -0.352 e. The van der Waals surface area contributed by atoms with E-state index in [9.17, 15) is 4.79 Å². The molecule has 0 aliphatic carbocycles. The fourth-order valence-corrected chi connectivity index (χ4v) is 3.22. The van der Waals surface area contributed by atoms with Crippen molar-refractivity contribution in [2.24, 2.45) is 0 Å². The van der Waals surface area contributed by atoms with Crippen molar-refractivity contribution in [1.29, 1.82) is 0 Å². The molecule has 0 N–H and O–H groups in total. The molecule has 0 aromatic carbocycles. The summed E-state index contributed by atoms with van der Waals surface area (Å²) in [4.78, 5) is 24.8. The largest absolute Gasteiger partial charge is 0.352 e. The third-order valence-corrected chi connectivity index (χ3v) is 4.71. The molecule has 0 radical (unpaired) electrons. The van der Waals surface area contributed by atoms with E-state index in [1.54, 1.807) is 6.20 Å². The molecule has 2 aliphatic heterocycles. The predicted octanol–water partition coefficient (Wildman–Crippen LogP) is 1.98. The quantitative estimate of drug-likeness (QED) is 0.859. The Kier molecular flexibility index (Phi) is 3.70. The van der Waals surface area contributed by atoms with Gasteiger partial charge in [-0.05, 0) is 12.5 Å². The maximum absolute atomic E-state index is 11.8. The number of amides is 1. The monoisotopic (exact) mass is 326 g/mol. The number of hydrogen-bond acceptors (Lipinski definition) is 5. The zero-order valence-corrected chi connectivity index (χ0v) is 14.1. The van der Waals surface area contributed by atoms with Crippen LogP contribution in [-0.4, -0.2) is 45.3 Å². The van der Waals surface area contributed by atoms with Gasteiger partial charge in [-0.1, -0.05) is 13.8 Å². The molecule has 7 heteroatoms. The first kappa shape index (κ1) is 15.1. The van der Waals surface area contributed by atoms with Crippen LogP contribution < -0.4 is 9.80 Å². The Hall–Kier alpha value is -2.44. The molecule has 7 nitrogen and oxygen atoms in total. The lowest BCUT2D eigenvalue weighted by molar-refractivity contribution is -0.117. The highest BCUT2D eigenvalue weighted by atomic mass is 16.2. The van der Waals surface area contributed by atoms with Crippen LogP contribution in [0.1, 0.15) is 44.5 Å². The zero-order chi connectivity index (χ0) is 16.7. The molecule has 2 fully saturated rings. The van der Waals surface area contributed by atoms with Crippen LogP contribution in [0.4, 0.5) is 11.5 Å². The van der Waals surface area contributed by atoms with Crippen molar-refractivity contribution in [3.05, 3.63) is 30.5 Å². The van der Waals surface area contributed by atoms with Gasteiger partial charge in [0.2, 0.25) is 5.91 Å². The smallest absolute Gasteiger partial charge is 0.227 e. The Bertz CT molecular complexity index is 749. The SMILES string of the molecule is CC(C)c1nccc(N2CC(n3cc(N4CCCC4=O)cn3)C2)n1. The van der Waals surface area contributed by atoms with Crippen LogP contribution in [-0.2, 0) is 4.79 Å². The molecule has 2 saturated heterocycles. The van der Waals surface area contributed by atoms with Gasteiger partial charge in [-0.15, -0.1) is 0 Å². The average Bonchev–Trinajstić information content (AvgIpc) is 3.15. The molecule has 24 heavy (non-hydrogen) atoms. The lowest BCUT2D eigenvalue weighted by Gasteiger charge is -2.40. The van der Waals surface area contributed by atoms with Crippen molar-refractivity contribution in [2.45, 2.75) is 38.6 Å². The second-order valence-electron chi connectivity index (χ2n) is 6.81. The molecule has 1 amide bonds. The molecular weight excluding hydrogens is 304 g/mol. The van der Waals surface area contributed by atoms with E-state index in [0.29, 0.717) is 18.4 Å². The van der Waals surface area contributed by atoms with E-state index in [0.717, 1.165) is 43.4 Å². The van der Waals surface area contributed by atoms with E-state index in [-0.39, 0.29) is 5.91 Å². The highest BCUT2D eigenvalue weighted by Gasteiger charge is 2.31. The second-order valence-corrected chi connectivity index (χ2v) is 6.81. The van der Waals surface area contributed by atoms with Crippen LogP contribution in [0.15, 0.2) is 24.7 Å². The molecule has 2 aromatic heterocycles. The Morgan fingerprint density at radius 1 is 1.29 bits per heavy atom. The molecular formula is C17H22N6O. The van der Waals surface area contributed by atoms with E-state index in [1.807, 2.05) is 28.0 Å². The molecule has 0 spiro atoms. The number of carbonyl (C=O) groups is 1. The maximum Gasteiger partial charge on any atom is 0.227 e. The van der Waals surface area contributed by atoms with Gasteiger partial charge in [0.1, 0.15) is 11.6 Å². The third-order valence-electron chi connectivity index (χ3n) is 4.71. The summed E-state index contributed by atoms with van der Waals surface area (Å²) in [5.41, 5.74) is 0.917. The van der Waals surface area contributed by atoms with Crippen molar-refractivity contribution in [1.82, 2.24) is 19.7 Å². The van der Waals surface area contributed by atoms with Gasteiger partial charge in [-0.3, -0.25) is 9.48 Å². The summed E-state index contributed by atoms with van der Waals surface area (Å²) >= 11 is 0. The van der Waals surface area contributed by atoms with Crippen LogP contribution in [0.3, 0.4) is 0 Å². The first-order valence-corrected chi connectivity index (χ1v) is 8.54. The molecule has 0 atom stereocenters. The second kappa shape index (κ2) is 5.89. The lowest BCUT2D eigenvalue weighted by Crippen LogP contribution is -2.48. The van der Waals surface area contributed by atoms with Crippen LogP contribution in [0.5, 0.6) is 0 Å². The van der Waals surface area contributed by atoms with E-state index in [2.05, 4.69) is 33.8 Å². The van der Waals surface area contributed by atoms with E-state index >= 15 is 0 Å². The van der Waals surface area contributed by atoms with Gasteiger partial charge in [-0.2, -0.15) is 5.10 Å². The van der Waals surface area contributed by atoms with Crippen molar-refractivity contribution < 1.29 is 4.79 Å². The molecule has 2 aromatic rings. The van der Waals surface area contributed by atoms with Gasteiger partial charge >= 0.3 is 0 Å². The van der Waals surface area contributed by atoms with Crippen LogP contribution >= 0.6 is 0 Å². The first-order chi connectivity index (χ1) is 11.6. The van der Waals surface area contributed by atoms with Gasteiger partial charge in [0.15, 0.2) is 0 Å². The molecule has 126 valence electrons. The third kappa shape index (κ3) is 2.64. The summed E-state index contributed by atoms with van der Waals surface area (Å²) in [5, 5.41) is 4.45. The summed E-state index contributed by atoms with van der Waals surface area (Å²) in [6, 6.07) is 2.29. The summed E-state index contributed by atoms with van der Waals surface area (Å²) < 4.78 is 1.97. The number of carbonyl (C=O) groups excluding carboxylic acids is 1. The van der Waals surface area contributed by atoms with E-state index in [1.165, 1.54) is 0 Å². The molecule has 2 aliphatic rings. The van der Waals surface area contributed by atoms with Crippen molar-refractivity contribution in [3.8, 4) is 0 Å². The summed E-state index contributed by atoms with van der Waals surface area (Å²) in [5.74, 6) is 2.39. The van der Waals surface area contributed by atoms with Crippen molar-refractivity contribution in [2.75, 3.05) is 29.4 Å². The molecule has 0 unspecified atom stereocenters. The van der Waals surface area contributed by atoms with Crippen LogP contribution in [0.2, 0.25) is 0 Å². The molecule has 0 saturated carbocycles. The van der Waals surface area contributed by atoms with Gasteiger partial charge in [0.25, 0.3) is 0 Å². The van der Waals surface area contributed by atoms with Crippen LogP contribution in [0, 0.1) is 0 Å². The molecule has 4 rings (SSSR count). The number of anilines is 2. The number of nitrogens with zero attached hydrogens (tertiary/aromatic N) is 6. The minimum atomic E-state index is 0.201. The van der Waals surface area contributed by atoms with E-state index in [4.69, 9.17) is 0 Å². The first-order valence-electron chi connectivity index (χ1n) is 8.54. The molecule has 4 heterocycles. The van der Waals surface area contributed by atoms with E-state index < -0.39 is 0 Å². The summed E-state index contributed by atoms with van der Waals surface area (Å²) in [6.45, 7) is 6.76. The number of aromatic nitrogens is 4. The highest BCUT2D eigenvalue weighted by molar-refractivity contribution is 5.95. The van der Waals surface area contributed by atoms with Gasteiger partial charge in [-0.25, -0.2) is 9.97 Å². The number of rotatable bonds is 4. The fourth-order valence-electron chi connectivity index (χ4n) is 3.22. The highest BCUT2D eigenvalue weighted by Crippen LogP contribution is 2.28. The minimum absolute atomic E-state index is 0.201. The topological polar surface area (TPSA) is 67.2 Å². The average molecular weight is 326 g/mol. The molecule has 0 bridgehead atoms. The lowest BCUT2D eigenvalue weighted by atomic mass is 10.1. The van der Waals surface area contributed by atoms with Crippen LogP contribution in [0.25, 0.3) is 0 Å². The maximum atomic E-state index is 11.8. The predicted molar refractivity (Wildman–Crippen MR) is 91.2 cm³/mol. The van der Waals surface area contributed by atoms with Crippen molar-refractivity contribution >= 4 is 17.4 Å². The van der Waals surface area contributed by atoms with Crippen molar-refractivity contribution in [3.63, 3.8) is 0 Å². The Morgan fingerprint density at radius 3 is 2.83 bits per heavy atom. The fraction of sp³-hybridized carbons (Fsp3) is 0.529. The zero-order valence-electron chi connectivity index (χ0n) is 14.1. The van der Waals surface area contributed by atoms with Gasteiger partial charge in [0, 0.05) is 44.4 Å². The Morgan fingerprint density at radius 2 is 2.12 bits per heavy atom. The summed E-state index contributed by atoms with van der Waals surface area (Å²) in [7, 11) is 0. The Labute approximate surface area is 141 Å². The number of hydrogen-bond donors (Lipinski definition) is 0. The Balaban J connectivity index is 1.42. The van der Waals surface area contributed by atoms with Gasteiger partial charge in [0.05, 0.1) is 17.9 Å². The summed E-state index contributed by atoms with van der Waals surface area (Å²) in [6.07, 6.45) is 7.20. The standard InChI is InChI=1S/C17H22N6O/c1-12(2)17-18-6-5-15(20-17)21-9-14(10-21)23-11-13(8-19-23)22-7-3-4-16(22)24/h5-6,8,11-12,14H,3-4,7,9-10H2,1-2H3.